The Labute approximate surface area is 217 Å². The number of benzene rings is 1. The maximum Gasteiger partial charge on any atom is 0.340 e. The van der Waals surface area contributed by atoms with Crippen molar-refractivity contribution in [3.05, 3.63) is 80.0 Å². The number of nitriles is 1. The number of ether oxygens (including phenoxy) is 1. The Bertz CT molecular complexity index is 1730. The highest BCUT2D eigenvalue weighted by Gasteiger charge is 2.27. The lowest BCUT2D eigenvalue weighted by Gasteiger charge is -2.21. The summed E-state index contributed by atoms with van der Waals surface area (Å²) in [6.45, 7) is 0.892. The van der Waals surface area contributed by atoms with E-state index in [2.05, 4.69) is 16.0 Å². The molecule has 1 atom stereocenters. The lowest BCUT2D eigenvalue weighted by Crippen LogP contribution is -2.39. The van der Waals surface area contributed by atoms with Gasteiger partial charge in [0.2, 0.25) is 5.88 Å². The van der Waals surface area contributed by atoms with Crippen LogP contribution in [-0.2, 0) is 0 Å². The van der Waals surface area contributed by atoms with E-state index in [4.69, 9.17) is 16.3 Å². The van der Waals surface area contributed by atoms with Gasteiger partial charge in [0.15, 0.2) is 0 Å². The molecule has 0 aliphatic carbocycles. The average Bonchev–Trinajstić information content (AvgIpc) is 3.40. The summed E-state index contributed by atoms with van der Waals surface area (Å²) in [4.78, 5) is 37.6. The van der Waals surface area contributed by atoms with Gasteiger partial charge < -0.3 is 9.64 Å². The summed E-state index contributed by atoms with van der Waals surface area (Å²) in [6.07, 6.45) is -0.262. The first-order chi connectivity index (χ1) is 18.2. The zero-order valence-corrected chi connectivity index (χ0v) is 20.5. The SMILES string of the molecule is COc1nc(N2CC[C@@H](C#N)C2)cc2c1c(=O)n(-c1cncc(C(F)F)c1)c(=O)n2-c1ccc(F)c(Cl)c1. The van der Waals surface area contributed by atoms with Gasteiger partial charge in [0.25, 0.3) is 12.0 Å². The summed E-state index contributed by atoms with van der Waals surface area (Å²) in [5, 5.41) is 8.90. The van der Waals surface area contributed by atoms with Crippen LogP contribution in [0.25, 0.3) is 22.3 Å². The van der Waals surface area contributed by atoms with Crippen LogP contribution < -0.4 is 20.9 Å². The third-order valence-corrected chi connectivity index (χ3v) is 6.59. The molecule has 0 saturated carbocycles. The molecule has 4 aromatic rings. The van der Waals surface area contributed by atoms with Gasteiger partial charge in [-0.3, -0.25) is 14.3 Å². The number of methoxy groups -OCH3 is 1. The molecule has 1 aliphatic rings. The first-order valence-electron chi connectivity index (χ1n) is 11.3. The largest absolute Gasteiger partial charge is 0.480 e. The maximum absolute atomic E-state index is 14.0. The molecule has 0 spiro atoms. The minimum absolute atomic E-state index is 0.0687. The fraction of sp³-hybridized carbons (Fsp3) is 0.240. The van der Waals surface area contributed by atoms with Crippen molar-refractivity contribution in [1.29, 1.82) is 5.26 Å². The Balaban J connectivity index is 1.88. The third kappa shape index (κ3) is 4.24. The van der Waals surface area contributed by atoms with Crippen molar-refractivity contribution >= 4 is 28.3 Å². The minimum atomic E-state index is -2.90. The molecule has 5 rings (SSSR count). The minimum Gasteiger partial charge on any atom is -0.480 e. The molecule has 1 saturated heterocycles. The van der Waals surface area contributed by atoms with E-state index in [9.17, 15) is 28.0 Å². The van der Waals surface area contributed by atoms with Crippen LogP contribution in [0.4, 0.5) is 19.0 Å². The van der Waals surface area contributed by atoms with Crippen molar-refractivity contribution in [3.8, 4) is 23.3 Å². The van der Waals surface area contributed by atoms with Crippen LogP contribution >= 0.6 is 11.6 Å². The monoisotopic (exact) mass is 542 g/mol. The molecule has 0 bridgehead atoms. The number of anilines is 1. The Morgan fingerprint density at radius 2 is 1.95 bits per heavy atom. The second kappa shape index (κ2) is 9.83. The van der Waals surface area contributed by atoms with Gasteiger partial charge in [0, 0.05) is 30.9 Å². The fourth-order valence-electron chi connectivity index (χ4n) is 4.45. The van der Waals surface area contributed by atoms with E-state index in [1.165, 1.54) is 25.3 Å². The van der Waals surface area contributed by atoms with Crippen molar-refractivity contribution in [3.63, 3.8) is 0 Å². The zero-order chi connectivity index (χ0) is 27.1. The second-order valence-corrected chi connectivity index (χ2v) is 8.99. The van der Waals surface area contributed by atoms with Crippen LogP contribution in [0.3, 0.4) is 0 Å². The molecular weight excluding hydrogens is 525 g/mol. The number of halogens is 4. The van der Waals surface area contributed by atoms with Crippen LogP contribution in [0.5, 0.6) is 5.88 Å². The van der Waals surface area contributed by atoms with Gasteiger partial charge in [-0.2, -0.15) is 10.2 Å². The summed E-state index contributed by atoms with van der Waals surface area (Å²) in [6, 6.07) is 8.24. The molecule has 0 N–H and O–H groups in total. The smallest absolute Gasteiger partial charge is 0.340 e. The number of rotatable bonds is 5. The number of hydrogen-bond acceptors (Lipinski definition) is 7. The zero-order valence-electron chi connectivity index (χ0n) is 19.7. The van der Waals surface area contributed by atoms with Gasteiger partial charge in [-0.05, 0) is 30.7 Å². The fourth-order valence-corrected chi connectivity index (χ4v) is 4.62. The van der Waals surface area contributed by atoms with Crippen molar-refractivity contribution in [2.75, 3.05) is 25.1 Å². The predicted octanol–water partition coefficient (Wildman–Crippen LogP) is 4.02. The highest BCUT2D eigenvalue weighted by Crippen LogP contribution is 2.31. The first kappa shape index (κ1) is 25.3. The van der Waals surface area contributed by atoms with E-state index in [0.29, 0.717) is 29.9 Å². The number of pyridine rings is 2. The van der Waals surface area contributed by atoms with Crippen molar-refractivity contribution < 1.29 is 17.9 Å². The van der Waals surface area contributed by atoms with Crippen molar-refractivity contribution in [2.45, 2.75) is 12.8 Å². The van der Waals surface area contributed by atoms with Gasteiger partial charge in [-0.1, -0.05) is 11.6 Å². The van der Waals surface area contributed by atoms with Crippen LogP contribution in [0.15, 0.2) is 52.3 Å². The molecular formula is C25H18ClF3N6O3. The lowest BCUT2D eigenvalue weighted by atomic mass is 10.1. The summed E-state index contributed by atoms with van der Waals surface area (Å²) >= 11 is 6.01. The normalized spacial score (nSPS) is 15.3. The van der Waals surface area contributed by atoms with E-state index in [1.54, 1.807) is 0 Å². The van der Waals surface area contributed by atoms with E-state index in [-0.39, 0.29) is 39.1 Å². The second-order valence-electron chi connectivity index (χ2n) is 8.58. The summed E-state index contributed by atoms with van der Waals surface area (Å²) in [5.74, 6) is -0.725. The van der Waals surface area contributed by atoms with Crippen molar-refractivity contribution in [2.24, 2.45) is 5.92 Å². The first-order valence-corrected chi connectivity index (χ1v) is 11.7. The molecule has 3 aromatic heterocycles. The lowest BCUT2D eigenvalue weighted by molar-refractivity contribution is 0.151. The summed E-state index contributed by atoms with van der Waals surface area (Å²) < 4.78 is 48.0. The molecule has 1 aromatic carbocycles. The van der Waals surface area contributed by atoms with Gasteiger partial charge >= 0.3 is 5.69 Å². The standard InChI is InChI=1S/C25H18ClF3N6O3/c1-38-23-21-19(8-20(32-23)33-5-4-13(9-30)12-33)34(15-2-3-18(27)17(26)7-15)25(37)35(24(21)36)16-6-14(22(28)29)10-31-11-16/h2-3,6-8,10-11,13,22H,4-5,12H2,1H3/t13-/m0/s1. The van der Waals surface area contributed by atoms with Crippen LogP contribution in [-0.4, -0.2) is 39.3 Å². The number of aromatic nitrogens is 4. The van der Waals surface area contributed by atoms with E-state index in [0.717, 1.165) is 29.1 Å². The molecule has 1 fully saturated rings. The Kier molecular flexibility index (Phi) is 6.54. The number of nitrogens with zero attached hydrogens (tertiary/aromatic N) is 6. The maximum atomic E-state index is 14.0. The summed E-state index contributed by atoms with van der Waals surface area (Å²) in [5.41, 5.74) is -2.34. The summed E-state index contributed by atoms with van der Waals surface area (Å²) in [7, 11) is 1.29. The number of hydrogen-bond donors (Lipinski definition) is 0. The predicted molar refractivity (Wildman–Crippen MR) is 133 cm³/mol. The van der Waals surface area contributed by atoms with Gasteiger partial charge in [-0.25, -0.2) is 22.5 Å². The van der Waals surface area contributed by atoms with Crippen molar-refractivity contribution in [1.82, 2.24) is 19.1 Å². The van der Waals surface area contributed by atoms with Crippen LogP contribution in [0.2, 0.25) is 5.02 Å². The highest BCUT2D eigenvalue weighted by atomic mass is 35.5. The number of alkyl halides is 2. The quantitative estimate of drug-likeness (QED) is 0.375. The van der Waals surface area contributed by atoms with Crippen LogP contribution in [0.1, 0.15) is 18.4 Å². The molecule has 9 nitrogen and oxygen atoms in total. The molecule has 38 heavy (non-hydrogen) atoms. The van der Waals surface area contributed by atoms with Gasteiger partial charge in [0.1, 0.15) is 17.0 Å². The Hall–Kier alpha value is -4.37. The molecule has 4 heterocycles. The molecule has 194 valence electrons. The topological polar surface area (TPSA) is 106 Å². The third-order valence-electron chi connectivity index (χ3n) is 6.30. The van der Waals surface area contributed by atoms with Crippen LogP contribution in [0, 0.1) is 23.1 Å². The van der Waals surface area contributed by atoms with E-state index < -0.39 is 29.1 Å². The highest BCUT2D eigenvalue weighted by molar-refractivity contribution is 6.30. The Morgan fingerprint density at radius 3 is 2.61 bits per heavy atom. The van der Waals surface area contributed by atoms with Gasteiger partial charge in [-0.15, -0.1) is 0 Å². The Morgan fingerprint density at radius 1 is 1.16 bits per heavy atom. The van der Waals surface area contributed by atoms with E-state index in [1.807, 2.05) is 4.90 Å². The molecule has 13 heteroatoms. The molecule has 1 aliphatic heterocycles. The molecule has 0 unspecified atom stereocenters. The number of fused-ring (bicyclic) bond motifs is 1. The van der Waals surface area contributed by atoms with E-state index >= 15 is 0 Å². The molecule has 0 radical (unpaired) electrons. The van der Waals surface area contributed by atoms with Gasteiger partial charge in [0.05, 0.1) is 47.2 Å². The molecule has 0 amide bonds. The average molecular weight is 543 g/mol.